The molecule has 0 saturated heterocycles. The molecule has 0 unspecified atom stereocenters. The fraction of sp³-hybridized carbons (Fsp3) is 0.211. The smallest absolute Gasteiger partial charge is 0.142 e. The number of benzene rings is 2. The summed E-state index contributed by atoms with van der Waals surface area (Å²) < 4.78 is 5.38. The third-order valence-corrected chi connectivity index (χ3v) is 4.11. The van der Waals surface area contributed by atoms with E-state index in [1.807, 2.05) is 18.2 Å². The number of methoxy groups -OCH3 is 1. The SMILES string of the molecule is COc1ccc(Cl)cc1Nc1cc(C)c2cc(C)cc(C)c2n1. The standard InChI is InChI=1S/C19H19ClN2O/c1-11-7-13(3)19-15(8-11)12(2)9-18(22-19)21-16-10-14(20)5-6-17(16)23-4/h5-10H,1-4H3,(H,21,22). The van der Waals surface area contributed by atoms with Crippen molar-refractivity contribution < 1.29 is 4.74 Å². The van der Waals surface area contributed by atoms with Crippen molar-refractivity contribution in [2.45, 2.75) is 20.8 Å². The van der Waals surface area contributed by atoms with Crippen molar-refractivity contribution in [1.29, 1.82) is 0 Å². The molecule has 3 aromatic rings. The van der Waals surface area contributed by atoms with E-state index in [0.29, 0.717) is 5.02 Å². The van der Waals surface area contributed by atoms with Gasteiger partial charge in [0.05, 0.1) is 18.3 Å². The number of nitrogens with zero attached hydrogens (tertiary/aromatic N) is 1. The Morgan fingerprint density at radius 2 is 1.78 bits per heavy atom. The highest BCUT2D eigenvalue weighted by atomic mass is 35.5. The van der Waals surface area contributed by atoms with Gasteiger partial charge in [0.25, 0.3) is 0 Å². The van der Waals surface area contributed by atoms with Gasteiger partial charge in [-0.1, -0.05) is 23.2 Å². The van der Waals surface area contributed by atoms with Crippen molar-refractivity contribution in [3.8, 4) is 5.75 Å². The Hall–Kier alpha value is -2.26. The molecule has 3 rings (SSSR count). The topological polar surface area (TPSA) is 34.1 Å². The van der Waals surface area contributed by atoms with Crippen LogP contribution in [0, 0.1) is 20.8 Å². The van der Waals surface area contributed by atoms with Crippen LogP contribution in [0.15, 0.2) is 36.4 Å². The number of halogens is 1. The Labute approximate surface area is 141 Å². The van der Waals surface area contributed by atoms with E-state index in [4.69, 9.17) is 21.3 Å². The van der Waals surface area contributed by atoms with E-state index in [1.54, 1.807) is 13.2 Å². The highest BCUT2D eigenvalue weighted by molar-refractivity contribution is 6.31. The van der Waals surface area contributed by atoms with Gasteiger partial charge in [-0.2, -0.15) is 0 Å². The molecule has 0 spiro atoms. The zero-order valence-corrected chi connectivity index (χ0v) is 14.5. The highest BCUT2D eigenvalue weighted by Crippen LogP contribution is 2.32. The van der Waals surface area contributed by atoms with Gasteiger partial charge in [-0.05, 0) is 62.2 Å². The van der Waals surface area contributed by atoms with Crippen molar-refractivity contribution in [3.63, 3.8) is 0 Å². The van der Waals surface area contributed by atoms with Gasteiger partial charge in [0.1, 0.15) is 11.6 Å². The second kappa shape index (κ2) is 6.09. The molecule has 4 heteroatoms. The Balaban J connectivity index is 2.10. The fourth-order valence-corrected chi connectivity index (χ4v) is 3.00. The molecule has 1 N–H and O–H groups in total. The zero-order valence-electron chi connectivity index (χ0n) is 13.7. The maximum absolute atomic E-state index is 6.09. The van der Waals surface area contributed by atoms with Crippen molar-refractivity contribution in [1.82, 2.24) is 4.98 Å². The predicted octanol–water partition coefficient (Wildman–Crippen LogP) is 5.57. The second-order valence-electron chi connectivity index (χ2n) is 5.77. The minimum absolute atomic E-state index is 0.651. The second-order valence-corrected chi connectivity index (χ2v) is 6.21. The summed E-state index contributed by atoms with van der Waals surface area (Å²) in [6, 6.07) is 11.9. The summed E-state index contributed by atoms with van der Waals surface area (Å²) in [5.41, 5.74) is 5.42. The summed E-state index contributed by atoms with van der Waals surface area (Å²) in [4.78, 5) is 4.77. The minimum atomic E-state index is 0.651. The molecule has 1 heterocycles. The molecular weight excluding hydrogens is 308 g/mol. The number of pyridine rings is 1. The molecule has 1 aromatic heterocycles. The van der Waals surface area contributed by atoms with Crippen LogP contribution in [0.25, 0.3) is 10.9 Å². The monoisotopic (exact) mass is 326 g/mol. The maximum Gasteiger partial charge on any atom is 0.142 e. The van der Waals surface area contributed by atoms with Crippen LogP contribution in [-0.4, -0.2) is 12.1 Å². The van der Waals surface area contributed by atoms with Crippen molar-refractivity contribution >= 4 is 34.0 Å². The fourth-order valence-electron chi connectivity index (χ4n) is 2.82. The van der Waals surface area contributed by atoms with Gasteiger partial charge in [0, 0.05) is 10.4 Å². The average Bonchev–Trinajstić information content (AvgIpc) is 2.49. The maximum atomic E-state index is 6.09. The quantitative estimate of drug-likeness (QED) is 0.683. The van der Waals surface area contributed by atoms with Gasteiger partial charge < -0.3 is 10.1 Å². The van der Waals surface area contributed by atoms with Crippen LogP contribution < -0.4 is 10.1 Å². The highest BCUT2D eigenvalue weighted by Gasteiger charge is 2.09. The van der Waals surface area contributed by atoms with Crippen LogP contribution >= 0.6 is 11.6 Å². The van der Waals surface area contributed by atoms with E-state index in [0.717, 1.165) is 22.8 Å². The molecule has 0 radical (unpaired) electrons. The summed E-state index contributed by atoms with van der Waals surface area (Å²) in [6.07, 6.45) is 0. The first kappa shape index (κ1) is 15.6. The largest absolute Gasteiger partial charge is 0.495 e. The molecule has 0 bridgehead atoms. The van der Waals surface area contributed by atoms with Crippen molar-refractivity contribution in [3.05, 3.63) is 58.1 Å². The number of anilines is 2. The Bertz CT molecular complexity index is 890. The number of aromatic nitrogens is 1. The number of aryl methyl sites for hydroxylation is 3. The molecule has 23 heavy (non-hydrogen) atoms. The van der Waals surface area contributed by atoms with Gasteiger partial charge in [-0.25, -0.2) is 4.98 Å². The first-order valence-corrected chi connectivity index (χ1v) is 7.85. The third kappa shape index (κ3) is 3.10. The molecule has 118 valence electrons. The van der Waals surface area contributed by atoms with E-state index in [9.17, 15) is 0 Å². The van der Waals surface area contributed by atoms with Crippen LogP contribution in [0.5, 0.6) is 5.75 Å². The Morgan fingerprint density at radius 1 is 1.00 bits per heavy atom. The lowest BCUT2D eigenvalue weighted by Gasteiger charge is -2.14. The van der Waals surface area contributed by atoms with Crippen LogP contribution in [0.3, 0.4) is 0 Å². The van der Waals surface area contributed by atoms with Crippen LogP contribution in [0.4, 0.5) is 11.5 Å². The van der Waals surface area contributed by atoms with Crippen molar-refractivity contribution in [2.75, 3.05) is 12.4 Å². The molecule has 0 saturated carbocycles. The first-order chi connectivity index (χ1) is 11.0. The molecule has 0 aliphatic heterocycles. The van der Waals surface area contributed by atoms with Gasteiger partial charge in [0.2, 0.25) is 0 Å². The lowest BCUT2D eigenvalue weighted by atomic mass is 10.0. The number of nitrogens with one attached hydrogen (secondary N) is 1. The first-order valence-electron chi connectivity index (χ1n) is 7.47. The molecule has 2 aromatic carbocycles. The van der Waals surface area contributed by atoms with Crippen LogP contribution in [-0.2, 0) is 0 Å². The molecular formula is C19H19ClN2O. The van der Waals surface area contributed by atoms with E-state index in [-0.39, 0.29) is 0 Å². The summed E-state index contributed by atoms with van der Waals surface area (Å²) >= 11 is 6.09. The molecule has 0 atom stereocenters. The Morgan fingerprint density at radius 3 is 2.52 bits per heavy atom. The van der Waals surface area contributed by atoms with Gasteiger partial charge in [-0.3, -0.25) is 0 Å². The van der Waals surface area contributed by atoms with Crippen LogP contribution in [0.2, 0.25) is 5.02 Å². The van der Waals surface area contributed by atoms with Crippen molar-refractivity contribution in [2.24, 2.45) is 0 Å². The number of hydrogen-bond acceptors (Lipinski definition) is 3. The average molecular weight is 327 g/mol. The minimum Gasteiger partial charge on any atom is -0.495 e. The summed E-state index contributed by atoms with van der Waals surface area (Å²) in [5, 5.41) is 5.16. The van der Waals surface area contributed by atoms with E-state index >= 15 is 0 Å². The number of hydrogen-bond donors (Lipinski definition) is 1. The third-order valence-electron chi connectivity index (χ3n) is 3.88. The van der Waals surface area contributed by atoms with Gasteiger partial charge in [-0.15, -0.1) is 0 Å². The number of ether oxygens (including phenoxy) is 1. The molecule has 3 nitrogen and oxygen atoms in total. The summed E-state index contributed by atoms with van der Waals surface area (Å²) in [5.74, 6) is 1.51. The van der Waals surface area contributed by atoms with Crippen LogP contribution in [0.1, 0.15) is 16.7 Å². The van der Waals surface area contributed by atoms with E-state index < -0.39 is 0 Å². The zero-order chi connectivity index (χ0) is 16.6. The number of rotatable bonds is 3. The Kier molecular flexibility index (Phi) is 4.14. The number of fused-ring (bicyclic) bond motifs is 1. The summed E-state index contributed by atoms with van der Waals surface area (Å²) in [7, 11) is 1.64. The lowest BCUT2D eigenvalue weighted by Crippen LogP contribution is -1.99. The molecule has 0 amide bonds. The normalized spacial score (nSPS) is 10.8. The van der Waals surface area contributed by atoms with E-state index in [2.05, 4.69) is 38.2 Å². The molecule has 0 aliphatic carbocycles. The molecule has 0 fully saturated rings. The predicted molar refractivity (Wildman–Crippen MR) is 97.2 cm³/mol. The van der Waals surface area contributed by atoms with Gasteiger partial charge >= 0.3 is 0 Å². The van der Waals surface area contributed by atoms with Gasteiger partial charge in [0.15, 0.2) is 0 Å². The molecule has 0 aliphatic rings. The lowest BCUT2D eigenvalue weighted by molar-refractivity contribution is 0.417. The summed E-state index contributed by atoms with van der Waals surface area (Å²) in [6.45, 7) is 6.30. The van der Waals surface area contributed by atoms with E-state index in [1.165, 1.54) is 22.1 Å².